The molecule has 88 valence electrons. The minimum Gasteiger partial charge on any atom is -0.496 e. The molecule has 0 bridgehead atoms. The van der Waals surface area contributed by atoms with E-state index < -0.39 is 6.10 Å². The van der Waals surface area contributed by atoms with Gasteiger partial charge in [0.25, 0.3) is 0 Å². The zero-order valence-corrected chi connectivity index (χ0v) is 10.1. The third kappa shape index (κ3) is 2.48. The van der Waals surface area contributed by atoms with Gasteiger partial charge < -0.3 is 9.84 Å². The normalized spacial score (nSPS) is 12.2. The number of hydrogen-bond acceptors (Lipinski definition) is 2. The first-order chi connectivity index (χ1) is 8.22. The predicted molar refractivity (Wildman–Crippen MR) is 68.2 cm³/mol. The number of aliphatic hydroxyl groups is 1. The zero-order chi connectivity index (χ0) is 12.3. The first kappa shape index (κ1) is 11.7. The van der Waals surface area contributed by atoms with Gasteiger partial charge in [-0.05, 0) is 29.7 Å². The minimum absolute atomic E-state index is 0.606. The molecule has 1 unspecified atom stereocenters. The molecule has 2 heteroatoms. The van der Waals surface area contributed by atoms with Gasteiger partial charge in [0.15, 0.2) is 0 Å². The summed E-state index contributed by atoms with van der Waals surface area (Å²) in [5.74, 6) is 0.803. The first-order valence-corrected chi connectivity index (χ1v) is 5.60. The number of benzene rings is 2. The third-order valence-corrected chi connectivity index (χ3v) is 2.86. The Morgan fingerprint density at radius 1 is 1.00 bits per heavy atom. The Morgan fingerprint density at radius 3 is 2.35 bits per heavy atom. The summed E-state index contributed by atoms with van der Waals surface area (Å²) in [6, 6.07) is 15.4. The van der Waals surface area contributed by atoms with Gasteiger partial charge in [0.2, 0.25) is 0 Å². The molecule has 0 aliphatic rings. The Labute approximate surface area is 101 Å². The molecule has 0 spiro atoms. The van der Waals surface area contributed by atoms with Crippen molar-refractivity contribution in [3.05, 3.63) is 65.2 Å². The molecular formula is C15H16O2. The van der Waals surface area contributed by atoms with Crippen molar-refractivity contribution in [1.29, 1.82) is 0 Å². The highest BCUT2D eigenvalue weighted by Crippen LogP contribution is 2.27. The molecular weight excluding hydrogens is 212 g/mol. The van der Waals surface area contributed by atoms with E-state index in [0.717, 1.165) is 22.4 Å². The molecule has 1 N–H and O–H groups in total. The summed E-state index contributed by atoms with van der Waals surface area (Å²) >= 11 is 0. The second-order valence-corrected chi connectivity index (χ2v) is 4.04. The molecule has 0 fully saturated rings. The smallest absolute Gasteiger partial charge is 0.122 e. The van der Waals surface area contributed by atoms with E-state index in [4.69, 9.17) is 4.74 Å². The number of methoxy groups -OCH3 is 1. The van der Waals surface area contributed by atoms with E-state index in [1.165, 1.54) is 0 Å². The maximum absolute atomic E-state index is 10.2. The van der Waals surface area contributed by atoms with E-state index >= 15 is 0 Å². The number of aliphatic hydroxyl groups excluding tert-OH is 1. The maximum Gasteiger partial charge on any atom is 0.122 e. The predicted octanol–water partition coefficient (Wildman–Crippen LogP) is 3.09. The van der Waals surface area contributed by atoms with Crippen LogP contribution in [0.1, 0.15) is 22.8 Å². The second kappa shape index (κ2) is 5.02. The lowest BCUT2D eigenvalue weighted by Crippen LogP contribution is -2.00. The van der Waals surface area contributed by atoms with Crippen molar-refractivity contribution in [3.63, 3.8) is 0 Å². The largest absolute Gasteiger partial charge is 0.496 e. The quantitative estimate of drug-likeness (QED) is 0.874. The maximum atomic E-state index is 10.2. The SMILES string of the molecule is COc1cc(C(O)c2ccccc2)ccc1C. The van der Waals surface area contributed by atoms with E-state index in [2.05, 4.69) is 0 Å². The molecule has 2 aromatic rings. The van der Waals surface area contributed by atoms with Gasteiger partial charge in [-0.2, -0.15) is 0 Å². The van der Waals surface area contributed by atoms with E-state index in [1.54, 1.807) is 7.11 Å². The van der Waals surface area contributed by atoms with Crippen LogP contribution in [0.5, 0.6) is 5.75 Å². The van der Waals surface area contributed by atoms with Gasteiger partial charge in [-0.1, -0.05) is 42.5 Å². The van der Waals surface area contributed by atoms with Crippen LogP contribution in [0.4, 0.5) is 0 Å². The summed E-state index contributed by atoms with van der Waals surface area (Å²) in [5.41, 5.74) is 2.80. The Kier molecular flexibility index (Phi) is 3.45. The molecule has 17 heavy (non-hydrogen) atoms. The van der Waals surface area contributed by atoms with Crippen LogP contribution in [0, 0.1) is 6.92 Å². The Morgan fingerprint density at radius 2 is 1.71 bits per heavy atom. The van der Waals surface area contributed by atoms with Gasteiger partial charge in [-0.3, -0.25) is 0 Å². The van der Waals surface area contributed by atoms with Crippen molar-refractivity contribution >= 4 is 0 Å². The monoisotopic (exact) mass is 228 g/mol. The molecule has 0 radical (unpaired) electrons. The van der Waals surface area contributed by atoms with E-state index in [0.29, 0.717) is 0 Å². The van der Waals surface area contributed by atoms with Gasteiger partial charge in [0.05, 0.1) is 7.11 Å². The van der Waals surface area contributed by atoms with Crippen LogP contribution in [-0.2, 0) is 0 Å². The fourth-order valence-corrected chi connectivity index (χ4v) is 1.83. The summed E-state index contributed by atoms with van der Waals surface area (Å²) < 4.78 is 5.26. The van der Waals surface area contributed by atoms with Gasteiger partial charge >= 0.3 is 0 Å². The minimum atomic E-state index is -0.606. The fourth-order valence-electron chi connectivity index (χ4n) is 1.83. The molecule has 0 saturated heterocycles. The molecule has 0 aliphatic heterocycles. The van der Waals surface area contributed by atoms with Crippen LogP contribution in [0.25, 0.3) is 0 Å². The second-order valence-electron chi connectivity index (χ2n) is 4.04. The molecule has 2 rings (SSSR count). The van der Waals surface area contributed by atoms with Crippen molar-refractivity contribution < 1.29 is 9.84 Å². The molecule has 0 heterocycles. The molecule has 0 aromatic heterocycles. The van der Waals surface area contributed by atoms with Crippen LogP contribution >= 0.6 is 0 Å². The third-order valence-electron chi connectivity index (χ3n) is 2.86. The molecule has 2 nitrogen and oxygen atoms in total. The number of hydrogen-bond donors (Lipinski definition) is 1. The van der Waals surface area contributed by atoms with Crippen LogP contribution < -0.4 is 4.74 Å². The van der Waals surface area contributed by atoms with E-state index in [-0.39, 0.29) is 0 Å². The molecule has 2 aromatic carbocycles. The van der Waals surface area contributed by atoms with Crippen LogP contribution in [-0.4, -0.2) is 12.2 Å². The van der Waals surface area contributed by atoms with Crippen molar-refractivity contribution in [2.24, 2.45) is 0 Å². The molecule has 1 atom stereocenters. The fraction of sp³-hybridized carbons (Fsp3) is 0.200. The molecule has 0 amide bonds. The Bertz CT molecular complexity index is 492. The molecule has 0 aliphatic carbocycles. The van der Waals surface area contributed by atoms with Crippen molar-refractivity contribution in [2.75, 3.05) is 7.11 Å². The standard InChI is InChI=1S/C15H16O2/c1-11-8-9-13(10-14(11)17-2)15(16)12-6-4-3-5-7-12/h3-10,15-16H,1-2H3. The first-order valence-electron chi connectivity index (χ1n) is 5.60. The lowest BCUT2D eigenvalue weighted by molar-refractivity contribution is 0.219. The summed E-state index contributed by atoms with van der Waals surface area (Å²) in [4.78, 5) is 0. The van der Waals surface area contributed by atoms with Gasteiger partial charge in [0, 0.05) is 0 Å². The number of rotatable bonds is 3. The highest BCUT2D eigenvalue weighted by atomic mass is 16.5. The van der Waals surface area contributed by atoms with Gasteiger partial charge in [0.1, 0.15) is 11.9 Å². The number of aryl methyl sites for hydroxylation is 1. The molecule has 0 saturated carbocycles. The highest BCUT2D eigenvalue weighted by Gasteiger charge is 2.11. The Balaban J connectivity index is 2.34. The van der Waals surface area contributed by atoms with Crippen molar-refractivity contribution in [1.82, 2.24) is 0 Å². The lowest BCUT2D eigenvalue weighted by Gasteiger charge is -2.13. The summed E-state index contributed by atoms with van der Waals surface area (Å²) in [7, 11) is 1.64. The van der Waals surface area contributed by atoms with Gasteiger partial charge in [-0.15, -0.1) is 0 Å². The number of ether oxygens (including phenoxy) is 1. The highest BCUT2D eigenvalue weighted by molar-refractivity contribution is 5.40. The van der Waals surface area contributed by atoms with Crippen LogP contribution in [0.2, 0.25) is 0 Å². The van der Waals surface area contributed by atoms with E-state index in [1.807, 2.05) is 55.5 Å². The lowest BCUT2D eigenvalue weighted by atomic mass is 10.0. The van der Waals surface area contributed by atoms with Gasteiger partial charge in [-0.25, -0.2) is 0 Å². The average Bonchev–Trinajstić information content (AvgIpc) is 2.39. The summed E-state index contributed by atoms with van der Waals surface area (Å²) in [6.07, 6.45) is -0.606. The summed E-state index contributed by atoms with van der Waals surface area (Å²) in [5, 5.41) is 10.2. The van der Waals surface area contributed by atoms with Crippen LogP contribution in [0.15, 0.2) is 48.5 Å². The van der Waals surface area contributed by atoms with E-state index in [9.17, 15) is 5.11 Å². The Hall–Kier alpha value is -1.80. The zero-order valence-electron chi connectivity index (χ0n) is 10.1. The topological polar surface area (TPSA) is 29.5 Å². The van der Waals surface area contributed by atoms with Crippen LogP contribution in [0.3, 0.4) is 0 Å². The summed E-state index contributed by atoms with van der Waals surface area (Å²) in [6.45, 7) is 1.98. The average molecular weight is 228 g/mol. The van der Waals surface area contributed by atoms with Crippen molar-refractivity contribution in [3.8, 4) is 5.75 Å². The van der Waals surface area contributed by atoms with Crippen molar-refractivity contribution in [2.45, 2.75) is 13.0 Å².